The van der Waals surface area contributed by atoms with Crippen LogP contribution in [-0.4, -0.2) is 79.4 Å². The van der Waals surface area contributed by atoms with Crippen LogP contribution < -0.4 is 0 Å². The molecule has 1 N–H and O–H groups in total. The summed E-state index contributed by atoms with van der Waals surface area (Å²) in [4.78, 5) is 34.4. The van der Waals surface area contributed by atoms with E-state index in [-0.39, 0.29) is 19.8 Å². The van der Waals surface area contributed by atoms with Gasteiger partial charge >= 0.3 is 17.9 Å². The first-order valence-corrected chi connectivity index (χ1v) is 10.3. The van der Waals surface area contributed by atoms with Crippen molar-refractivity contribution >= 4 is 48.9 Å². The maximum absolute atomic E-state index is 11.7. The molecule has 0 aliphatic heterocycles. The molecule has 142 valence electrons. The lowest BCUT2D eigenvalue weighted by molar-refractivity contribution is -0.177. The Kier molecular flexibility index (Phi) is 16.2. The zero-order valence-corrected chi connectivity index (χ0v) is 20.4. The fraction of sp³-hybridized carbons (Fsp3) is 0.750. The molecule has 9 nitrogen and oxygen atoms in total. The predicted molar refractivity (Wildman–Crippen MR) is 94.7 cm³/mol. The topological polar surface area (TPSA) is 118 Å². The van der Waals surface area contributed by atoms with Gasteiger partial charge in [-0.1, -0.05) is 0 Å². The van der Waals surface area contributed by atoms with Gasteiger partial charge in [0.2, 0.25) is 0 Å². The van der Waals surface area contributed by atoms with Crippen molar-refractivity contribution in [3.8, 4) is 0 Å². The Morgan fingerprint density at radius 2 is 1.25 bits per heavy atom. The second-order valence-corrected chi connectivity index (χ2v) is 9.27. The van der Waals surface area contributed by atoms with E-state index in [0.29, 0.717) is 0 Å². The Hall–Kier alpha value is -1.06. The molecule has 12 heteroatoms. The Balaban J connectivity index is 0. The third-order valence-corrected chi connectivity index (χ3v) is 4.26. The van der Waals surface area contributed by atoms with E-state index in [0.717, 1.165) is 21.0 Å². The molecule has 0 aliphatic carbocycles. The highest BCUT2D eigenvalue weighted by Gasteiger charge is 2.43. The highest BCUT2D eigenvalue weighted by atomic mass is 28.3. The monoisotopic (exact) mass is 400 g/mol. The number of hydrogen-bond acceptors (Lipinski definition) is 9. The van der Waals surface area contributed by atoms with Crippen molar-refractivity contribution < 1.29 is 41.9 Å². The number of hydrogen-bond donors (Lipinski definition) is 1. The first-order chi connectivity index (χ1) is 11.3. The molecule has 0 saturated carbocycles. The molecule has 0 unspecified atom stereocenters. The minimum Gasteiger partial charge on any atom is -0.466 e. The van der Waals surface area contributed by atoms with Gasteiger partial charge < -0.3 is 27.5 Å². The second-order valence-electron chi connectivity index (χ2n) is 4.41. The summed E-state index contributed by atoms with van der Waals surface area (Å²) in [5.74, 6) is -2.62. The highest BCUT2D eigenvalue weighted by Crippen LogP contribution is 2.19. The van der Waals surface area contributed by atoms with Gasteiger partial charge in [0.15, 0.2) is 5.60 Å². The Morgan fingerprint density at radius 3 is 1.50 bits per heavy atom. The second kappa shape index (κ2) is 15.5. The Labute approximate surface area is 150 Å². The largest absolute Gasteiger partial charge is 0.466 e. The first-order valence-electron chi connectivity index (χ1n) is 7.49. The maximum Gasteiger partial charge on any atom is 0.339 e. The quantitative estimate of drug-likeness (QED) is 0.229. The molecule has 0 bridgehead atoms. The summed E-state index contributed by atoms with van der Waals surface area (Å²) >= 11 is 0. The van der Waals surface area contributed by atoms with Crippen LogP contribution >= 0.6 is 0 Å². The summed E-state index contributed by atoms with van der Waals surface area (Å²) in [6.45, 7) is 4.97. The zero-order chi connectivity index (χ0) is 19.0. The van der Waals surface area contributed by atoms with Crippen molar-refractivity contribution in [1.29, 1.82) is 0 Å². The van der Waals surface area contributed by atoms with Crippen molar-refractivity contribution in [2.75, 3.05) is 19.8 Å². The van der Waals surface area contributed by atoms with Crippen molar-refractivity contribution in [1.82, 2.24) is 0 Å². The van der Waals surface area contributed by atoms with Crippen LogP contribution in [-0.2, 0) is 36.8 Å². The van der Waals surface area contributed by atoms with Crippen LogP contribution in [0.25, 0.3) is 0 Å². The summed E-state index contributed by atoms with van der Waals surface area (Å²) in [7, 11) is 1.27. The summed E-state index contributed by atoms with van der Waals surface area (Å²) in [6, 6.07) is 0. The molecule has 0 aromatic carbocycles. The normalized spacial score (nSPS) is 11.0. The molecule has 0 aromatic rings. The lowest BCUT2D eigenvalue weighted by Crippen LogP contribution is -2.44. The summed E-state index contributed by atoms with van der Waals surface area (Å²) < 4.78 is 23.5. The molecular formula is C12H28O9Si3. The lowest BCUT2D eigenvalue weighted by atomic mass is 9.95. The van der Waals surface area contributed by atoms with E-state index in [1.54, 1.807) is 20.8 Å². The molecule has 0 saturated heterocycles. The standard InChI is InChI=1S/C12H20O7.H8O2Si3/c1-4-17-9(13)7-12(16,11(15)19-6-3)8-10(14)18-5-2;3-1-5-2-4/h16H,4-8H2,1-3H3;5H2,3-4H3. The number of esters is 3. The smallest absolute Gasteiger partial charge is 0.339 e. The molecule has 24 heavy (non-hydrogen) atoms. The zero-order valence-electron chi connectivity index (χ0n) is 15.0. The van der Waals surface area contributed by atoms with E-state index in [9.17, 15) is 19.5 Å². The predicted octanol–water partition coefficient (Wildman–Crippen LogP) is -3.23. The molecule has 0 heterocycles. The van der Waals surface area contributed by atoms with Gasteiger partial charge in [0, 0.05) is 0 Å². The van der Waals surface area contributed by atoms with Crippen molar-refractivity contribution in [3.63, 3.8) is 0 Å². The SMILES string of the molecule is CCOC(=O)CC(O)(CC(=O)OCC)C(=O)OCC.[SiH3]O[SiH2]O[SiH3]. The number of carbonyl (C=O) groups excluding carboxylic acids is 3. The fourth-order valence-electron chi connectivity index (χ4n) is 1.49. The average molecular weight is 401 g/mol. The van der Waals surface area contributed by atoms with Gasteiger partial charge in [-0.25, -0.2) is 4.79 Å². The molecule has 0 amide bonds. The summed E-state index contributed by atoms with van der Waals surface area (Å²) in [6.07, 6.45) is -1.31. The first kappa shape index (κ1) is 25.2. The van der Waals surface area contributed by atoms with Gasteiger partial charge in [-0.05, 0) is 20.8 Å². The van der Waals surface area contributed by atoms with Crippen LogP contribution in [0.1, 0.15) is 33.6 Å². The van der Waals surface area contributed by atoms with Crippen LogP contribution in [0.5, 0.6) is 0 Å². The van der Waals surface area contributed by atoms with Crippen molar-refractivity contribution in [2.45, 2.75) is 39.2 Å². The molecule has 0 atom stereocenters. The van der Waals surface area contributed by atoms with Crippen LogP contribution in [0.15, 0.2) is 0 Å². The third-order valence-electron chi connectivity index (χ3n) is 2.38. The van der Waals surface area contributed by atoms with Gasteiger partial charge in [-0.3, -0.25) is 9.59 Å². The molecular weight excluding hydrogens is 372 g/mol. The van der Waals surface area contributed by atoms with Gasteiger partial charge in [0.25, 0.3) is 10.0 Å². The summed E-state index contributed by atoms with van der Waals surface area (Å²) in [5, 5.41) is 10.1. The molecule has 0 aromatic heterocycles. The van der Waals surface area contributed by atoms with Crippen LogP contribution in [0.3, 0.4) is 0 Å². The van der Waals surface area contributed by atoms with Gasteiger partial charge in [-0.15, -0.1) is 0 Å². The fourth-order valence-corrected chi connectivity index (χ4v) is 4.56. The number of aliphatic hydroxyl groups is 1. The van der Waals surface area contributed by atoms with Gasteiger partial charge in [0.05, 0.1) is 32.7 Å². The summed E-state index contributed by atoms with van der Waals surface area (Å²) in [5.41, 5.74) is -2.26. The van der Waals surface area contributed by atoms with Gasteiger partial charge in [0.1, 0.15) is 21.0 Å². The molecule has 0 aliphatic rings. The van der Waals surface area contributed by atoms with Crippen LogP contribution in [0.2, 0.25) is 0 Å². The van der Waals surface area contributed by atoms with E-state index in [2.05, 4.69) is 14.2 Å². The number of carbonyl (C=O) groups is 3. The van der Waals surface area contributed by atoms with E-state index < -0.39 is 46.4 Å². The van der Waals surface area contributed by atoms with Crippen molar-refractivity contribution in [3.05, 3.63) is 0 Å². The molecule has 0 rings (SSSR count). The number of ether oxygens (including phenoxy) is 3. The average Bonchev–Trinajstić information content (AvgIpc) is 2.49. The van der Waals surface area contributed by atoms with E-state index >= 15 is 0 Å². The minimum atomic E-state index is -2.26. The van der Waals surface area contributed by atoms with E-state index in [1.807, 2.05) is 0 Å². The minimum absolute atomic E-state index is 0.0206. The Morgan fingerprint density at radius 1 is 0.875 bits per heavy atom. The third kappa shape index (κ3) is 12.4. The lowest BCUT2D eigenvalue weighted by Gasteiger charge is -2.23. The van der Waals surface area contributed by atoms with Crippen LogP contribution in [0.4, 0.5) is 0 Å². The molecule has 0 fully saturated rings. The molecule has 0 radical (unpaired) electrons. The highest BCUT2D eigenvalue weighted by molar-refractivity contribution is 6.33. The van der Waals surface area contributed by atoms with Crippen molar-refractivity contribution in [2.24, 2.45) is 0 Å². The van der Waals surface area contributed by atoms with E-state index in [1.165, 1.54) is 0 Å². The van der Waals surface area contributed by atoms with Gasteiger partial charge in [-0.2, -0.15) is 0 Å². The maximum atomic E-state index is 11.7. The number of rotatable bonds is 10. The van der Waals surface area contributed by atoms with E-state index in [4.69, 9.17) is 8.23 Å². The van der Waals surface area contributed by atoms with Crippen LogP contribution in [0, 0.1) is 0 Å². The molecule has 0 spiro atoms. The Bertz CT molecular complexity index is 357.